The number of ether oxygens (including phenoxy) is 1. The van der Waals surface area contributed by atoms with Crippen LogP contribution in [0.2, 0.25) is 0 Å². The molecule has 0 N–H and O–H groups in total. The minimum atomic E-state index is -0.525. The summed E-state index contributed by atoms with van der Waals surface area (Å²) in [6, 6.07) is 10.7. The molecule has 3 rings (SSSR count). The maximum absolute atomic E-state index is 12.7. The highest BCUT2D eigenvalue weighted by Crippen LogP contribution is 2.20. The molecule has 100 valence electrons. The van der Waals surface area contributed by atoms with Crippen LogP contribution in [0.25, 0.3) is 10.9 Å². The molecule has 0 bridgehead atoms. The van der Waals surface area contributed by atoms with Crippen LogP contribution in [0.1, 0.15) is 10.4 Å². The van der Waals surface area contributed by atoms with E-state index in [0.29, 0.717) is 18.7 Å². The molecule has 5 heteroatoms. The quantitative estimate of drug-likeness (QED) is 0.787. The van der Waals surface area contributed by atoms with E-state index in [9.17, 15) is 4.79 Å². The van der Waals surface area contributed by atoms with Crippen molar-refractivity contribution in [3.05, 3.63) is 42.1 Å². The molecule has 1 atom stereocenters. The molecule has 0 aliphatic carbocycles. The molecule has 0 spiro atoms. The monoisotopic (exact) mass is 267 g/mol. The first kappa shape index (κ1) is 12.6. The maximum atomic E-state index is 12.7. The van der Waals surface area contributed by atoms with E-state index in [2.05, 4.69) is 11.1 Å². The van der Waals surface area contributed by atoms with E-state index in [1.165, 1.54) is 0 Å². The van der Waals surface area contributed by atoms with E-state index < -0.39 is 6.04 Å². The average Bonchev–Trinajstić information content (AvgIpc) is 2.53. The summed E-state index contributed by atoms with van der Waals surface area (Å²) < 4.78 is 5.25. The summed E-state index contributed by atoms with van der Waals surface area (Å²) >= 11 is 0. The molecule has 1 aromatic heterocycles. The van der Waals surface area contributed by atoms with Gasteiger partial charge >= 0.3 is 0 Å². The molecule has 20 heavy (non-hydrogen) atoms. The first-order valence-corrected chi connectivity index (χ1v) is 6.43. The van der Waals surface area contributed by atoms with Gasteiger partial charge in [-0.25, -0.2) is 0 Å². The SMILES string of the molecule is N#C[C@@H]1COCCN1C(=O)c1cccc2ncccc12. The molecular formula is C15H13N3O2. The number of benzene rings is 1. The minimum absolute atomic E-state index is 0.140. The standard InChI is InChI=1S/C15H13N3O2/c16-9-11-10-20-8-7-18(11)15(19)13-3-1-5-14-12(13)4-2-6-17-14/h1-6,11H,7-8,10H2/t11-/m1/s1. The fraction of sp³-hybridized carbons (Fsp3) is 0.267. The third-order valence-corrected chi connectivity index (χ3v) is 3.41. The second-order valence-corrected chi connectivity index (χ2v) is 4.59. The molecular weight excluding hydrogens is 254 g/mol. The lowest BCUT2D eigenvalue weighted by atomic mass is 10.1. The zero-order valence-corrected chi connectivity index (χ0v) is 10.8. The van der Waals surface area contributed by atoms with Crippen molar-refractivity contribution in [2.24, 2.45) is 0 Å². The summed E-state index contributed by atoms with van der Waals surface area (Å²) in [4.78, 5) is 18.5. The lowest BCUT2D eigenvalue weighted by molar-refractivity contribution is 0.0133. The number of rotatable bonds is 1. The van der Waals surface area contributed by atoms with Crippen LogP contribution in [0.3, 0.4) is 0 Å². The van der Waals surface area contributed by atoms with Crippen molar-refractivity contribution >= 4 is 16.8 Å². The number of fused-ring (bicyclic) bond motifs is 1. The summed E-state index contributed by atoms with van der Waals surface area (Å²) in [7, 11) is 0. The normalized spacial score (nSPS) is 18.8. The smallest absolute Gasteiger partial charge is 0.255 e. The Bertz CT molecular complexity index is 688. The van der Waals surface area contributed by atoms with Gasteiger partial charge in [0.25, 0.3) is 5.91 Å². The van der Waals surface area contributed by atoms with Crippen molar-refractivity contribution in [3.63, 3.8) is 0 Å². The lowest BCUT2D eigenvalue weighted by Gasteiger charge is -2.31. The van der Waals surface area contributed by atoms with Crippen LogP contribution >= 0.6 is 0 Å². The number of hydrogen-bond acceptors (Lipinski definition) is 4. The van der Waals surface area contributed by atoms with Gasteiger partial charge in [-0.3, -0.25) is 9.78 Å². The number of carbonyl (C=O) groups excluding carboxylic acids is 1. The number of pyridine rings is 1. The van der Waals surface area contributed by atoms with Crippen molar-refractivity contribution in [1.29, 1.82) is 5.26 Å². The van der Waals surface area contributed by atoms with E-state index >= 15 is 0 Å². The molecule has 1 aliphatic heterocycles. The van der Waals surface area contributed by atoms with E-state index in [1.807, 2.05) is 18.2 Å². The van der Waals surface area contributed by atoms with Gasteiger partial charge in [0.2, 0.25) is 0 Å². The highest BCUT2D eigenvalue weighted by molar-refractivity contribution is 6.06. The summed E-state index contributed by atoms with van der Waals surface area (Å²) in [6.45, 7) is 1.17. The number of aromatic nitrogens is 1. The number of nitrogens with zero attached hydrogens (tertiary/aromatic N) is 3. The minimum Gasteiger partial charge on any atom is -0.376 e. The fourth-order valence-corrected chi connectivity index (χ4v) is 2.40. The van der Waals surface area contributed by atoms with Crippen molar-refractivity contribution < 1.29 is 9.53 Å². The van der Waals surface area contributed by atoms with Crippen LogP contribution in [0, 0.1) is 11.3 Å². The molecule has 0 unspecified atom stereocenters. The summed E-state index contributed by atoms with van der Waals surface area (Å²) in [5.74, 6) is -0.140. The molecule has 5 nitrogen and oxygen atoms in total. The Balaban J connectivity index is 2.02. The maximum Gasteiger partial charge on any atom is 0.255 e. The van der Waals surface area contributed by atoms with Gasteiger partial charge in [-0.15, -0.1) is 0 Å². The number of carbonyl (C=O) groups is 1. The molecule has 2 heterocycles. The highest BCUT2D eigenvalue weighted by Gasteiger charge is 2.28. The molecule has 1 saturated heterocycles. The molecule has 1 aromatic carbocycles. The van der Waals surface area contributed by atoms with Crippen molar-refractivity contribution in [2.75, 3.05) is 19.8 Å². The van der Waals surface area contributed by atoms with Crippen LogP contribution in [0.4, 0.5) is 0 Å². The van der Waals surface area contributed by atoms with Crippen molar-refractivity contribution in [2.45, 2.75) is 6.04 Å². The van der Waals surface area contributed by atoms with Crippen LogP contribution in [0.15, 0.2) is 36.5 Å². The Morgan fingerprint density at radius 1 is 1.40 bits per heavy atom. The Hall–Kier alpha value is -2.45. The zero-order chi connectivity index (χ0) is 13.9. The van der Waals surface area contributed by atoms with Crippen LogP contribution in [-0.2, 0) is 4.74 Å². The number of hydrogen-bond donors (Lipinski definition) is 0. The van der Waals surface area contributed by atoms with Crippen molar-refractivity contribution in [1.82, 2.24) is 9.88 Å². The van der Waals surface area contributed by atoms with E-state index in [-0.39, 0.29) is 12.5 Å². The first-order valence-electron chi connectivity index (χ1n) is 6.43. The summed E-state index contributed by atoms with van der Waals surface area (Å²) in [5.41, 5.74) is 1.36. The molecule has 1 aliphatic rings. The molecule has 1 amide bonds. The van der Waals surface area contributed by atoms with Gasteiger partial charge in [0.1, 0.15) is 6.04 Å². The molecule has 2 aromatic rings. The molecule has 0 radical (unpaired) electrons. The predicted molar refractivity (Wildman–Crippen MR) is 73.0 cm³/mol. The van der Waals surface area contributed by atoms with Crippen LogP contribution in [0.5, 0.6) is 0 Å². The largest absolute Gasteiger partial charge is 0.376 e. The van der Waals surface area contributed by atoms with Gasteiger partial charge in [0, 0.05) is 23.7 Å². The van der Waals surface area contributed by atoms with Gasteiger partial charge in [-0.05, 0) is 18.2 Å². The molecule has 1 fully saturated rings. The second-order valence-electron chi connectivity index (χ2n) is 4.59. The van der Waals surface area contributed by atoms with Gasteiger partial charge in [0.15, 0.2) is 0 Å². The van der Waals surface area contributed by atoms with Crippen LogP contribution in [-0.4, -0.2) is 41.6 Å². The fourth-order valence-electron chi connectivity index (χ4n) is 2.40. The molecule has 0 saturated carbocycles. The average molecular weight is 267 g/mol. The van der Waals surface area contributed by atoms with Gasteiger partial charge in [-0.1, -0.05) is 12.1 Å². The Morgan fingerprint density at radius 3 is 3.15 bits per heavy atom. The van der Waals surface area contributed by atoms with Crippen LogP contribution < -0.4 is 0 Å². The van der Waals surface area contributed by atoms with Gasteiger partial charge in [-0.2, -0.15) is 5.26 Å². The third-order valence-electron chi connectivity index (χ3n) is 3.41. The lowest BCUT2D eigenvalue weighted by Crippen LogP contribution is -2.48. The van der Waals surface area contributed by atoms with E-state index in [4.69, 9.17) is 10.00 Å². The predicted octanol–water partition coefficient (Wildman–Crippen LogP) is 1.60. The number of morpholine rings is 1. The van der Waals surface area contributed by atoms with E-state index in [1.54, 1.807) is 23.2 Å². The summed E-state index contributed by atoms with van der Waals surface area (Å²) in [5, 5.41) is 9.94. The van der Waals surface area contributed by atoms with Gasteiger partial charge < -0.3 is 9.64 Å². The third kappa shape index (κ3) is 2.10. The Kier molecular flexibility index (Phi) is 3.32. The van der Waals surface area contributed by atoms with Crippen molar-refractivity contribution in [3.8, 4) is 6.07 Å². The Morgan fingerprint density at radius 2 is 2.30 bits per heavy atom. The highest BCUT2D eigenvalue weighted by atomic mass is 16.5. The first-order chi connectivity index (χ1) is 9.81. The zero-order valence-electron chi connectivity index (χ0n) is 10.8. The second kappa shape index (κ2) is 5.27. The Labute approximate surface area is 116 Å². The number of amides is 1. The number of nitriles is 1. The van der Waals surface area contributed by atoms with E-state index in [0.717, 1.165) is 10.9 Å². The topological polar surface area (TPSA) is 66.2 Å². The summed E-state index contributed by atoms with van der Waals surface area (Å²) in [6.07, 6.45) is 1.70. The van der Waals surface area contributed by atoms with Gasteiger partial charge in [0.05, 0.1) is 24.8 Å².